The van der Waals surface area contributed by atoms with E-state index >= 15 is 0 Å². The van der Waals surface area contributed by atoms with E-state index in [0.29, 0.717) is 24.2 Å². The second-order valence-corrected chi connectivity index (χ2v) is 14.3. The van der Waals surface area contributed by atoms with E-state index in [1.54, 1.807) is 4.68 Å². The lowest BCUT2D eigenvalue weighted by molar-refractivity contribution is -0.146. The van der Waals surface area contributed by atoms with Gasteiger partial charge >= 0.3 is 5.97 Å². The Kier molecular flexibility index (Phi) is 7.09. The molecule has 1 aromatic heterocycles. The molecule has 0 unspecified atom stereocenters. The summed E-state index contributed by atoms with van der Waals surface area (Å²) in [5.74, 6) is -0.0831. The standard InChI is InChI=1S/C24H33N3O2Si/c1-9-24(4,5)23(28)29-22(21-15-17(3)26-27(21)10-2)20(16-25)18-11-13-19(14-12-18)30(6,7)8/h11-15H,9-10H2,1-8H3/b22-20-. The molecule has 1 aromatic carbocycles. The lowest BCUT2D eigenvalue weighted by Gasteiger charge is -2.22. The molecule has 160 valence electrons. The Morgan fingerprint density at radius 2 is 1.80 bits per heavy atom. The quantitative estimate of drug-likeness (QED) is 0.268. The van der Waals surface area contributed by atoms with Crippen LogP contribution in [0.1, 0.15) is 51.1 Å². The molecule has 2 aromatic rings. The monoisotopic (exact) mass is 423 g/mol. The molecule has 0 fully saturated rings. The fraction of sp³-hybridized carbons (Fsp3) is 0.458. The SMILES string of the molecule is CCn1nc(C)cc1/C(OC(=O)C(C)(C)CC)=C(\C#N)c1ccc([Si](C)(C)C)cc1. The van der Waals surface area contributed by atoms with Crippen LogP contribution >= 0.6 is 0 Å². The molecule has 1 heterocycles. The fourth-order valence-electron chi connectivity index (χ4n) is 2.96. The molecule has 0 spiro atoms. The van der Waals surface area contributed by atoms with Crippen LogP contribution in [0, 0.1) is 23.7 Å². The van der Waals surface area contributed by atoms with Crippen molar-refractivity contribution in [3.63, 3.8) is 0 Å². The first-order valence-corrected chi connectivity index (χ1v) is 14.0. The van der Waals surface area contributed by atoms with Gasteiger partial charge in [-0.05, 0) is 45.7 Å². The number of hydrogen-bond acceptors (Lipinski definition) is 4. The maximum atomic E-state index is 12.9. The third kappa shape index (κ3) is 5.09. The maximum Gasteiger partial charge on any atom is 0.317 e. The van der Waals surface area contributed by atoms with Crippen molar-refractivity contribution < 1.29 is 9.53 Å². The second kappa shape index (κ2) is 9.01. The van der Waals surface area contributed by atoms with E-state index in [0.717, 1.165) is 11.3 Å². The van der Waals surface area contributed by atoms with Gasteiger partial charge in [0.25, 0.3) is 0 Å². The molecule has 5 nitrogen and oxygen atoms in total. The number of aromatic nitrogens is 2. The van der Waals surface area contributed by atoms with Crippen LogP contribution in [0.5, 0.6) is 0 Å². The van der Waals surface area contributed by atoms with Gasteiger partial charge in [0.1, 0.15) is 17.3 Å². The van der Waals surface area contributed by atoms with E-state index < -0.39 is 13.5 Å². The third-order valence-electron chi connectivity index (χ3n) is 5.44. The van der Waals surface area contributed by atoms with Crippen LogP contribution in [0.25, 0.3) is 11.3 Å². The predicted octanol–water partition coefficient (Wildman–Crippen LogP) is 5.13. The predicted molar refractivity (Wildman–Crippen MR) is 125 cm³/mol. The van der Waals surface area contributed by atoms with Crippen molar-refractivity contribution in [1.29, 1.82) is 5.26 Å². The molecule has 0 aliphatic heterocycles. The van der Waals surface area contributed by atoms with E-state index in [1.807, 2.05) is 52.8 Å². The number of nitrogens with zero attached hydrogens (tertiary/aromatic N) is 3. The molecule has 2 rings (SSSR count). The number of esters is 1. The third-order valence-corrected chi connectivity index (χ3v) is 7.51. The first-order valence-electron chi connectivity index (χ1n) is 10.5. The average Bonchev–Trinajstić information content (AvgIpc) is 3.07. The number of carbonyl (C=O) groups excluding carboxylic acids is 1. The lowest BCUT2D eigenvalue weighted by Crippen LogP contribution is -2.37. The largest absolute Gasteiger partial charge is 0.422 e. The zero-order valence-electron chi connectivity index (χ0n) is 19.5. The van der Waals surface area contributed by atoms with Gasteiger partial charge in [-0.1, -0.05) is 56.0 Å². The first kappa shape index (κ1) is 23.6. The van der Waals surface area contributed by atoms with Crippen molar-refractivity contribution in [1.82, 2.24) is 9.78 Å². The molecule has 0 amide bonds. The molecule has 0 N–H and O–H groups in total. The van der Waals surface area contributed by atoms with Crippen molar-refractivity contribution in [2.24, 2.45) is 5.41 Å². The topological polar surface area (TPSA) is 67.9 Å². The number of rotatable bonds is 7. The number of benzene rings is 1. The van der Waals surface area contributed by atoms with Gasteiger partial charge in [-0.25, -0.2) is 0 Å². The van der Waals surface area contributed by atoms with Crippen molar-refractivity contribution in [2.45, 2.75) is 67.2 Å². The molecule has 0 saturated carbocycles. The van der Waals surface area contributed by atoms with Crippen LogP contribution in [0.4, 0.5) is 0 Å². The van der Waals surface area contributed by atoms with Crippen molar-refractivity contribution in [3.8, 4) is 6.07 Å². The average molecular weight is 424 g/mol. The van der Waals surface area contributed by atoms with Crippen LogP contribution in [0.3, 0.4) is 0 Å². The summed E-state index contributed by atoms with van der Waals surface area (Å²) in [7, 11) is -1.46. The van der Waals surface area contributed by atoms with Crippen LogP contribution in [0.2, 0.25) is 19.6 Å². The van der Waals surface area contributed by atoms with Gasteiger partial charge < -0.3 is 4.74 Å². The van der Waals surface area contributed by atoms with E-state index in [2.05, 4.69) is 42.9 Å². The summed E-state index contributed by atoms with van der Waals surface area (Å²) >= 11 is 0. The zero-order chi connectivity index (χ0) is 22.7. The molecular weight excluding hydrogens is 390 g/mol. The van der Waals surface area contributed by atoms with Crippen LogP contribution < -0.4 is 5.19 Å². The fourth-order valence-corrected chi connectivity index (χ4v) is 4.13. The molecule has 0 radical (unpaired) electrons. The summed E-state index contributed by atoms with van der Waals surface area (Å²) in [5.41, 5.74) is 1.87. The summed E-state index contributed by atoms with van der Waals surface area (Å²) in [4.78, 5) is 12.9. The van der Waals surface area contributed by atoms with Crippen LogP contribution in [0.15, 0.2) is 30.3 Å². The Morgan fingerprint density at radius 1 is 1.20 bits per heavy atom. The van der Waals surface area contributed by atoms with E-state index in [9.17, 15) is 10.1 Å². The highest BCUT2D eigenvalue weighted by atomic mass is 28.3. The molecule has 30 heavy (non-hydrogen) atoms. The minimum absolute atomic E-state index is 0.271. The Bertz CT molecular complexity index is 987. The van der Waals surface area contributed by atoms with Crippen LogP contribution in [-0.4, -0.2) is 23.8 Å². The molecule has 0 aliphatic rings. The number of nitriles is 1. The number of allylic oxidation sites excluding steroid dienone is 1. The van der Waals surface area contributed by atoms with Crippen molar-refractivity contribution in [3.05, 3.63) is 47.3 Å². The normalized spacial score (nSPS) is 12.9. The Hall–Kier alpha value is -2.65. The smallest absolute Gasteiger partial charge is 0.317 e. The minimum atomic E-state index is -1.46. The van der Waals surface area contributed by atoms with Crippen molar-refractivity contribution >= 4 is 30.6 Å². The number of ether oxygens (including phenoxy) is 1. The van der Waals surface area contributed by atoms with Crippen molar-refractivity contribution in [2.75, 3.05) is 0 Å². The summed E-state index contributed by atoms with van der Waals surface area (Å²) in [6.45, 7) is 17.0. The highest BCUT2D eigenvalue weighted by molar-refractivity contribution is 6.88. The molecule has 0 aliphatic carbocycles. The van der Waals surface area contributed by atoms with Gasteiger partial charge in [-0.3, -0.25) is 9.48 Å². The summed E-state index contributed by atoms with van der Waals surface area (Å²) in [6.07, 6.45) is 0.637. The molecule has 0 bridgehead atoms. The van der Waals surface area contributed by atoms with E-state index in [-0.39, 0.29) is 11.7 Å². The summed E-state index contributed by atoms with van der Waals surface area (Å²) in [6, 6.07) is 12.2. The minimum Gasteiger partial charge on any atom is -0.422 e. The number of aryl methyl sites for hydroxylation is 2. The highest BCUT2D eigenvalue weighted by Gasteiger charge is 2.31. The van der Waals surface area contributed by atoms with E-state index in [1.165, 1.54) is 5.19 Å². The highest BCUT2D eigenvalue weighted by Crippen LogP contribution is 2.32. The zero-order valence-corrected chi connectivity index (χ0v) is 20.5. The Balaban J connectivity index is 2.69. The van der Waals surface area contributed by atoms with Gasteiger partial charge in [0, 0.05) is 6.54 Å². The van der Waals surface area contributed by atoms with Gasteiger partial charge in [0.15, 0.2) is 5.76 Å². The molecule has 0 saturated heterocycles. The van der Waals surface area contributed by atoms with Gasteiger partial charge in [0.05, 0.1) is 19.2 Å². The lowest BCUT2D eigenvalue weighted by atomic mass is 9.90. The molecule has 0 atom stereocenters. The van der Waals surface area contributed by atoms with Gasteiger partial charge in [-0.15, -0.1) is 0 Å². The van der Waals surface area contributed by atoms with E-state index in [4.69, 9.17) is 4.74 Å². The number of hydrogen-bond donors (Lipinski definition) is 0. The second-order valence-electron chi connectivity index (χ2n) is 9.26. The first-order chi connectivity index (χ1) is 13.9. The Labute approximate surface area is 181 Å². The molecular formula is C24H33N3O2Si. The molecule has 6 heteroatoms. The Morgan fingerprint density at radius 3 is 2.27 bits per heavy atom. The van der Waals surface area contributed by atoms with Gasteiger partial charge in [0.2, 0.25) is 0 Å². The van der Waals surface area contributed by atoms with Crippen LogP contribution in [-0.2, 0) is 16.1 Å². The summed E-state index contributed by atoms with van der Waals surface area (Å²) in [5, 5.41) is 15.9. The summed E-state index contributed by atoms with van der Waals surface area (Å²) < 4.78 is 7.69. The number of carbonyl (C=O) groups is 1. The van der Waals surface area contributed by atoms with Gasteiger partial charge in [-0.2, -0.15) is 10.4 Å². The maximum absolute atomic E-state index is 12.9.